The lowest BCUT2D eigenvalue weighted by Crippen LogP contribution is -2.25. The van der Waals surface area contributed by atoms with Gasteiger partial charge in [0.2, 0.25) is 0 Å². The van der Waals surface area contributed by atoms with Crippen LogP contribution in [0, 0.1) is 0 Å². The first-order valence-corrected chi connectivity index (χ1v) is 8.72. The fourth-order valence-electron chi connectivity index (χ4n) is 3.00. The summed E-state index contributed by atoms with van der Waals surface area (Å²) in [6.45, 7) is 0.335. The topological polar surface area (TPSA) is 75.6 Å². The highest BCUT2D eigenvalue weighted by atomic mass is 16.5. The van der Waals surface area contributed by atoms with Crippen molar-refractivity contribution in [3.05, 3.63) is 83.4 Å². The minimum Gasteiger partial charge on any atom is -0.465 e. The molecule has 0 heterocycles. The van der Waals surface area contributed by atoms with Crippen molar-refractivity contribution in [2.24, 2.45) is 0 Å². The van der Waals surface area contributed by atoms with E-state index in [0.29, 0.717) is 24.1 Å². The smallest absolute Gasteiger partial charge is 0.337 e. The number of esters is 1. The van der Waals surface area contributed by atoms with E-state index in [1.54, 1.807) is 24.3 Å². The molecule has 0 radical (unpaired) electrons. The molecule has 3 aromatic carbocycles. The summed E-state index contributed by atoms with van der Waals surface area (Å²) in [7, 11) is 1.31. The Morgan fingerprint density at radius 3 is 2.37 bits per heavy atom. The predicted molar refractivity (Wildman–Crippen MR) is 104 cm³/mol. The van der Waals surface area contributed by atoms with Gasteiger partial charge in [-0.3, -0.25) is 4.79 Å². The number of nitrogens with one attached hydrogen (secondary N) is 1. The Morgan fingerprint density at radius 2 is 1.63 bits per heavy atom. The zero-order chi connectivity index (χ0) is 19.2. The minimum atomic E-state index is -0.668. The number of hydrogen-bond donors (Lipinski definition) is 2. The molecular formula is C22H21NO4. The summed E-state index contributed by atoms with van der Waals surface area (Å²) in [5.41, 5.74) is 1.69. The molecule has 0 saturated carbocycles. The summed E-state index contributed by atoms with van der Waals surface area (Å²) in [4.78, 5) is 23.6. The standard InChI is InChI=1S/C22H21NO4/c1-27-22(26)17-11-9-16(10-12-17)21(25)23-14-13-20(24)19-8-4-6-15-5-2-3-7-18(15)19/h2-12,20,24H,13-14H2,1H3,(H,23,25). The zero-order valence-electron chi connectivity index (χ0n) is 15.0. The van der Waals surface area contributed by atoms with Crippen molar-refractivity contribution in [3.63, 3.8) is 0 Å². The average molecular weight is 363 g/mol. The monoisotopic (exact) mass is 363 g/mol. The first-order valence-electron chi connectivity index (χ1n) is 8.72. The van der Waals surface area contributed by atoms with Gasteiger partial charge in [-0.1, -0.05) is 42.5 Å². The maximum atomic E-state index is 12.2. The van der Waals surface area contributed by atoms with Gasteiger partial charge in [-0.2, -0.15) is 0 Å². The fourth-order valence-corrected chi connectivity index (χ4v) is 3.00. The maximum Gasteiger partial charge on any atom is 0.337 e. The van der Waals surface area contributed by atoms with E-state index in [-0.39, 0.29) is 5.91 Å². The number of aliphatic hydroxyl groups is 1. The Kier molecular flexibility index (Phi) is 5.84. The molecule has 1 amide bonds. The van der Waals surface area contributed by atoms with E-state index in [4.69, 9.17) is 0 Å². The van der Waals surface area contributed by atoms with E-state index >= 15 is 0 Å². The Balaban J connectivity index is 1.59. The molecule has 0 bridgehead atoms. The number of methoxy groups -OCH3 is 1. The van der Waals surface area contributed by atoms with Crippen LogP contribution in [0.2, 0.25) is 0 Å². The van der Waals surface area contributed by atoms with Gasteiger partial charge in [0, 0.05) is 12.1 Å². The van der Waals surface area contributed by atoms with Crippen LogP contribution in [0.1, 0.15) is 38.8 Å². The van der Waals surface area contributed by atoms with Crippen molar-refractivity contribution in [2.45, 2.75) is 12.5 Å². The van der Waals surface area contributed by atoms with Crippen molar-refractivity contribution >= 4 is 22.6 Å². The fraction of sp³-hybridized carbons (Fsp3) is 0.182. The second kappa shape index (κ2) is 8.47. The van der Waals surface area contributed by atoms with Gasteiger partial charge in [-0.05, 0) is 47.0 Å². The molecule has 0 aliphatic rings. The van der Waals surface area contributed by atoms with Crippen molar-refractivity contribution in [3.8, 4) is 0 Å². The third-order valence-electron chi connectivity index (χ3n) is 4.45. The van der Waals surface area contributed by atoms with E-state index in [1.165, 1.54) is 7.11 Å². The molecule has 1 unspecified atom stereocenters. The van der Waals surface area contributed by atoms with Gasteiger partial charge >= 0.3 is 5.97 Å². The number of carbonyl (C=O) groups is 2. The Morgan fingerprint density at radius 1 is 0.963 bits per heavy atom. The van der Waals surface area contributed by atoms with Crippen molar-refractivity contribution in [1.82, 2.24) is 5.32 Å². The molecule has 27 heavy (non-hydrogen) atoms. The third-order valence-corrected chi connectivity index (χ3v) is 4.45. The molecule has 0 saturated heterocycles. The van der Waals surface area contributed by atoms with Crippen molar-refractivity contribution in [2.75, 3.05) is 13.7 Å². The van der Waals surface area contributed by atoms with Crippen LogP contribution in [0.15, 0.2) is 66.7 Å². The summed E-state index contributed by atoms with van der Waals surface area (Å²) in [6, 6.07) is 20.0. The first kappa shape index (κ1) is 18.6. The second-order valence-corrected chi connectivity index (χ2v) is 6.20. The number of carbonyl (C=O) groups excluding carboxylic acids is 2. The molecule has 3 aromatic rings. The lowest BCUT2D eigenvalue weighted by Gasteiger charge is -2.14. The SMILES string of the molecule is COC(=O)c1ccc(C(=O)NCCC(O)c2cccc3ccccc23)cc1. The van der Waals surface area contributed by atoms with Crippen LogP contribution in [0.3, 0.4) is 0 Å². The normalized spacial score (nSPS) is 11.8. The van der Waals surface area contributed by atoms with E-state index in [0.717, 1.165) is 16.3 Å². The molecule has 138 valence electrons. The van der Waals surface area contributed by atoms with Crippen LogP contribution in [-0.4, -0.2) is 30.6 Å². The van der Waals surface area contributed by atoms with Gasteiger partial charge in [-0.25, -0.2) is 4.79 Å². The van der Waals surface area contributed by atoms with Gasteiger partial charge in [0.1, 0.15) is 0 Å². The molecule has 5 heteroatoms. The number of benzene rings is 3. The molecule has 3 rings (SSSR count). The molecule has 0 aromatic heterocycles. The summed E-state index contributed by atoms with van der Waals surface area (Å²) in [5.74, 6) is -0.697. The van der Waals surface area contributed by atoms with E-state index < -0.39 is 12.1 Å². The van der Waals surface area contributed by atoms with Gasteiger partial charge in [0.25, 0.3) is 5.91 Å². The van der Waals surface area contributed by atoms with Crippen LogP contribution in [0.4, 0.5) is 0 Å². The predicted octanol–water partition coefficient (Wildman–Crippen LogP) is 3.48. The zero-order valence-corrected chi connectivity index (χ0v) is 15.0. The van der Waals surface area contributed by atoms with E-state index in [1.807, 2.05) is 42.5 Å². The Hall–Kier alpha value is -3.18. The van der Waals surface area contributed by atoms with Crippen LogP contribution >= 0.6 is 0 Å². The van der Waals surface area contributed by atoms with E-state index in [2.05, 4.69) is 10.1 Å². The van der Waals surface area contributed by atoms with Gasteiger partial charge in [-0.15, -0.1) is 0 Å². The van der Waals surface area contributed by atoms with Crippen molar-refractivity contribution < 1.29 is 19.4 Å². The highest BCUT2D eigenvalue weighted by Crippen LogP contribution is 2.25. The Labute approximate surface area is 157 Å². The van der Waals surface area contributed by atoms with Crippen LogP contribution in [0.5, 0.6) is 0 Å². The number of amides is 1. The third kappa shape index (κ3) is 4.33. The largest absolute Gasteiger partial charge is 0.465 e. The number of rotatable bonds is 6. The quantitative estimate of drug-likeness (QED) is 0.658. The lowest BCUT2D eigenvalue weighted by molar-refractivity contribution is 0.0600. The average Bonchev–Trinajstić information content (AvgIpc) is 2.72. The summed E-state index contributed by atoms with van der Waals surface area (Å²) < 4.78 is 4.63. The molecule has 2 N–H and O–H groups in total. The summed E-state index contributed by atoms with van der Waals surface area (Å²) >= 11 is 0. The second-order valence-electron chi connectivity index (χ2n) is 6.20. The molecule has 1 atom stereocenters. The first-order chi connectivity index (χ1) is 13.1. The Bertz CT molecular complexity index is 945. The van der Waals surface area contributed by atoms with Crippen LogP contribution in [-0.2, 0) is 4.74 Å². The lowest BCUT2D eigenvalue weighted by atomic mass is 9.99. The van der Waals surface area contributed by atoms with Crippen LogP contribution in [0.25, 0.3) is 10.8 Å². The summed E-state index contributed by atoms with van der Waals surface area (Å²) in [6.07, 6.45) is -0.266. The number of fused-ring (bicyclic) bond motifs is 1. The van der Waals surface area contributed by atoms with Gasteiger partial charge in [0.05, 0.1) is 18.8 Å². The van der Waals surface area contributed by atoms with Crippen molar-refractivity contribution in [1.29, 1.82) is 0 Å². The molecule has 0 aliphatic heterocycles. The molecule has 5 nitrogen and oxygen atoms in total. The number of ether oxygens (including phenoxy) is 1. The summed E-state index contributed by atoms with van der Waals surface area (Å²) in [5, 5.41) is 15.4. The highest BCUT2D eigenvalue weighted by molar-refractivity contribution is 5.96. The number of hydrogen-bond acceptors (Lipinski definition) is 4. The minimum absolute atomic E-state index is 0.253. The van der Waals surface area contributed by atoms with Gasteiger partial charge < -0.3 is 15.2 Å². The van der Waals surface area contributed by atoms with Crippen LogP contribution < -0.4 is 5.32 Å². The molecular weight excluding hydrogens is 342 g/mol. The molecule has 0 spiro atoms. The van der Waals surface area contributed by atoms with Gasteiger partial charge in [0.15, 0.2) is 0 Å². The highest BCUT2D eigenvalue weighted by Gasteiger charge is 2.13. The maximum absolute atomic E-state index is 12.2. The molecule has 0 aliphatic carbocycles. The number of aliphatic hydroxyl groups excluding tert-OH is 1. The molecule has 0 fully saturated rings. The van der Waals surface area contributed by atoms with E-state index in [9.17, 15) is 14.7 Å².